The molecule has 0 bridgehead atoms. The fourth-order valence-electron chi connectivity index (χ4n) is 3.49. The molecule has 0 unspecified atom stereocenters. The Balaban J connectivity index is 1.43. The minimum atomic E-state index is -0.295. The van der Waals surface area contributed by atoms with Crippen LogP contribution in [-0.2, 0) is 10.2 Å². The van der Waals surface area contributed by atoms with E-state index in [1.165, 1.54) is 6.07 Å². The third-order valence-corrected chi connectivity index (χ3v) is 5.24. The number of nitrogens with one attached hydrogen (secondary N) is 2. The number of amides is 3. The largest absolute Gasteiger partial charge is 0.450 e. The summed E-state index contributed by atoms with van der Waals surface area (Å²) in [5.41, 5.74) is 0.415. The molecule has 1 aliphatic heterocycles. The Morgan fingerprint density at radius 2 is 1.96 bits per heavy atom. The molecular weight excluding hydrogens is 337 g/mol. The van der Waals surface area contributed by atoms with Crippen LogP contribution >= 0.6 is 0 Å². The molecule has 0 aromatic heterocycles. The number of benzene rings is 1. The second-order valence-corrected chi connectivity index (χ2v) is 7.05. The number of likely N-dealkylation sites (tertiary alicyclic amines) is 1. The van der Waals surface area contributed by atoms with Crippen LogP contribution in [0.15, 0.2) is 24.3 Å². The van der Waals surface area contributed by atoms with E-state index in [1.54, 1.807) is 24.0 Å². The number of hydrogen-bond donors (Lipinski definition) is 2. The number of hydrogen-bond acceptors (Lipinski definition) is 3. The zero-order valence-electron chi connectivity index (χ0n) is 15.1. The Morgan fingerprint density at radius 1 is 1.27 bits per heavy atom. The highest BCUT2D eigenvalue weighted by Gasteiger charge is 2.46. The molecule has 26 heavy (non-hydrogen) atoms. The average Bonchev–Trinajstić information content (AvgIpc) is 3.42. The number of piperidine rings is 1. The molecule has 1 heterocycles. The summed E-state index contributed by atoms with van der Waals surface area (Å²) in [4.78, 5) is 25.5. The summed E-state index contributed by atoms with van der Waals surface area (Å²) in [5, 5.41) is 5.84. The highest BCUT2D eigenvalue weighted by Crippen LogP contribution is 2.48. The minimum Gasteiger partial charge on any atom is -0.450 e. The molecule has 3 rings (SSSR count). The number of nitrogens with zero attached hydrogens (tertiary/aromatic N) is 1. The van der Waals surface area contributed by atoms with E-state index in [0.29, 0.717) is 44.6 Å². The summed E-state index contributed by atoms with van der Waals surface area (Å²) < 4.78 is 19.0. The quantitative estimate of drug-likeness (QED) is 0.845. The van der Waals surface area contributed by atoms with Gasteiger partial charge in [-0.25, -0.2) is 14.0 Å². The molecule has 0 atom stereocenters. The molecule has 7 heteroatoms. The maximum Gasteiger partial charge on any atom is 0.409 e. The first-order valence-corrected chi connectivity index (χ1v) is 9.25. The lowest BCUT2D eigenvalue weighted by molar-refractivity contribution is 0.0957. The van der Waals surface area contributed by atoms with Gasteiger partial charge in [-0.2, -0.15) is 0 Å². The van der Waals surface area contributed by atoms with Gasteiger partial charge < -0.3 is 20.3 Å². The maximum absolute atomic E-state index is 14.0. The first-order valence-electron chi connectivity index (χ1n) is 9.25. The van der Waals surface area contributed by atoms with Crippen molar-refractivity contribution in [3.63, 3.8) is 0 Å². The van der Waals surface area contributed by atoms with Crippen LogP contribution in [0.3, 0.4) is 0 Å². The van der Waals surface area contributed by atoms with Gasteiger partial charge in [0.2, 0.25) is 0 Å². The van der Waals surface area contributed by atoms with Gasteiger partial charge in [0.1, 0.15) is 5.82 Å². The first kappa shape index (κ1) is 18.5. The van der Waals surface area contributed by atoms with E-state index in [0.717, 1.165) is 12.8 Å². The highest BCUT2D eigenvalue weighted by atomic mass is 19.1. The van der Waals surface area contributed by atoms with E-state index < -0.39 is 0 Å². The van der Waals surface area contributed by atoms with Gasteiger partial charge in [0.25, 0.3) is 0 Å². The molecule has 6 nitrogen and oxygen atoms in total. The number of carbonyl (C=O) groups excluding carboxylic acids is 2. The van der Waals surface area contributed by atoms with Crippen molar-refractivity contribution in [2.75, 3.05) is 26.2 Å². The molecule has 1 aromatic carbocycles. The van der Waals surface area contributed by atoms with Crippen LogP contribution in [0.5, 0.6) is 0 Å². The Kier molecular flexibility index (Phi) is 5.64. The zero-order valence-corrected chi connectivity index (χ0v) is 15.1. The molecule has 142 valence electrons. The summed E-state index contributed by atoms with van der Waals surface area (Å²) in [5.74, 6) is -0.210. The van der Waals surface area contributed by atoms with Crippen LogP contribution in [0.2, 0.25) is 0 Å². The molecule has 1 aliphatic carbocycles. The summed E-state index contributed by atoms with van der Waals surface area (Å²) in [6, 6.07) is 6.57. The van der Waals surface area contributed by atoms with Gasteiger partial charge in [-0.1, -0.05) is 18.2 Å². The predicted molar refractivity (Wildman–Crippen MR) is 95.5 cm³/mol. The number of rotatable bonds is 5. The van der Waals surface area contributed by atoms with Gasteiger partial charge in [-0.05, 0) is 44.2 Å². The van der Waals surface area contributed by atoms with Crippen molar-refractivity contribution in [2.45, 2.75) is 44.1 Å². The van der Waals surface area contributed by atoms with E-state index in [-0.39, 0.29) is 29.4 Å². The molecule has 3 amide bonds. The molecule has 0 spiro atoms. The van der Waals surface area contributed by atoms with Crippen molar-refractivity contribution in [1.82, 2.24) is 15.5 Å². The molecular formula is C19H26FN3O3. The van der Waals surface area contributed by atoms with Crippen molar-refractivity contribution in [3.05, 3.63) is 35.6 Å². The summed E-state index contributed by atoms with van der Waals surface area (Å²) in [7, 11) is 0. The molecule has 1 aromatic rings. The minimum absolute atomic E-state index is 0.0318. The molecule has 2 N–H and O–H groups in total. The molecule has 2 aliphatic rings. The number of urea groups is 1. The SMILES string of the molecule is CCOC(=O)N1CCC(NC(=O)NCC2(c3ccccc3F)CC2)CC1. The fraction of sp³-hybridized carbons (Fsp3) is 0.579. The number of halogens is 1. The summed E-state index contributed by atoms with van der Waals surface area (Å²) >= 11 is 0. The Morgan fingerprint density at radius 3 is 2.58 bits per heavy atom. The van der Waals surface area contributed by atoms with Crippen molar-refractivity contribution >= 4 is 12.1 Å². The van der Waals surface area contributed by atoms with Gasteiger partial charge in [0.05, 0.1) is 6.61 Å². The number of carbonyl (C=O) groups is 2. The first-order chi connectivity index (χ1) is 12.5. The Bertz CT molecular complexity index is 655. The van der Waals surface area contributed by atoms with Crippen molar-refractivity contribution in [3.8, 4) is 0 Å². The molecule has 1 saturated carbocycles. The third-order valence-electron chi connectivity index (χ3n) is 5.24. The predicted octanol–water partition coefficient (Wildman–Crippen LogP) is 2.78. The highest BCUT2D eigenvalue weighted by molar-refractivity contribution is 5.74. The van der Waals surface area contributed by atoms with E-state index in [9.17, 15) is 14.0 Å². The van der Waals surface area contributed by atoms with Crippen LogP contribution in [0.4, 0.5) is 14.0 Å². The third kappa shape index (κ3) is 4.26. The van der Waals surface area contributed by atoms with Crippen LogP contribution in [-0.4, -0.2) is 49.3 Å². The lowest BCUT2D eigenvalue weighted by atomic mass is 9.95. The molecule has 1 saturated heterocycles. The lowest BCUT2D eigenvalue weighted by Gasteiger charge is -2.31. The van der Waals surface area contributed by atoms with E-state index in [1.807, 2.05) is 6.07 Å². The van der Waals surface area contributed by atoms with Crippen molar-refractivity contribution in [1.29, 1.82) is 0 Å². The van der Waals surface area contributed by atoms with Crippen LogP contribution in [0, 0.1) is 5.82 Å². The topological polar surface area (TPSA) is 70.7 Å². The lowest BCUT2D eigenvalue weighted by Crippen LogP contribution is -2.50. The van der Waals surface area contributed by atoms with Crippen LogP contribution in [0.1, 0.15) is 38.2 Å². The van der Waals surface area contributed by atoms with Crippen molar-refractivity contribution in [2.24, 2.45) is 0 Å². The van der Waals surface area contributed by atoms with E-state index in [2.05, 4.69) is 10.6 Å². The van der Waals surface area contributed by atoms with Gasteiger partial charge >= 0.3 is 12.1 Å². The van der Waals surface area contributed by atoms with Gasteiger partial charge in [-0.15, -0.1) is 0 Å². The number of ether oxygens (including phenoxy) is 1. The summed E-state index contributed by atoms with van der Waals surface area (Å²) in [6.45, 7) is 3.72. The second-order valence-electron chi connectivity index (χ2n) is 7.05. The smallest absolute Gasteiger partial charge is 0.409 e. The van der Waals surface area contributed by atoms with Crippen molar-refractivity contribution < 1.29 is 18.7 Å². The van der Waals surface area contributed by atoms with Crippen LogP contribution in [0.25, 0.3) is 0 Å². The maximum atomic E-state index is 14.0. The van der Waals surface area contributed by atoms with Gasteiger partial charge in [-0.3, -0.25) is 0 Å². The summed E-state index contributed by atoms with van der Waals surface area (Å²) in [6.07, 6.45) is 2.86. The monoisotopic (exact) mass is 363 g/mol. The Hall–Kier alpha value is -2.31. The van der Waals surface area contributed by atoms with Gasteiger partial charge in [0.15, 0.2) is 0 Å². The van der Waals surface area contributed by atoms with E-state index >= 15 is 0 Å². The van der Waals surface area contributed by atoms with Gasteiger partial charge in [0, 0.05) is 31.1 Å². The Labute approximate surface area is 153 Å². The average molecular weight is 363 g/mol. The fourth-order valence-corrected chi connectivity index (χ4v) is 3.49. The normalized spacial score (nSPS) is 18.9. The van der Waals surface area contributed by atoms with Crippen LogP contribution < -0.4 is 10.6 Å². The molecule has 2 fully saturated rings. The van der Waals surface area contributed by atoms with E-state index in [4.69, 9.17) is 4.74 Å². The molecule has 0 radical (unpaired) electrons. The zero-order chi connectivity index (χ0) is 18.6. The second kappa shape index (κ2) is 7.93. The standard InChI is InChI=1S/C19H26FN3O3/c1-2-26-18(25)23-11-7-14(8-12-23)22-17(24)21-13-19(9-10-19)15-5-3-4-6-16(15)20/h3-6,14H,2,7-13H2,1H3,(H2,21,22,24).